The molecule has 0 spiro atoms. The minimum Gasteiger partial charge on any atom is -0.371 e. The third-order valence-corrected chi connectivity index (χ3v) is 6.30. The van der Waals surface area contributed by atoms with Crippen LogP contribution in [0.3, 0.4) is 0 Å². The number of benzene rings is 1. The molecule has 0 aliphatic carbocycles. The zero-order valence-electron chi connectivity index (χ0n) is 18.1. The second-order valence-corrected chi connectivity index (χ2v) is 8.91. The first-order chi connectivity index (χ1) is 13.6. The predicted octanol–water partition coefficient (Wildman–Crippen LogP) is 5.88. The van der Waals surface area contributed by atoms with Crippen LogP contribution in [-0.4, -0.2) is 30.7 Å². The monoisotopic (exact) mass is 379 g/mol. The highest BCUT2D eigenvalue weighted by atomic mass is 15.2. The molecule has 1 aromatic carbocycles. The molecule has 2 saturated heterocycles. The van der Waals surface area contributed by atoms with Crippen molar-refractivity contribution in [3.63, 3.8) is 0 Å². The third kappa shape index (κ3) is 5.27. The van der Waals surface area contributed by atoms with Crippen LogP contribution in [0.5, 0.6) is 0 Å². The molecule has 3 nitrogen and oxygen atoms in total. The molecule has 0 amide bonds. The maximum Gasteiger partial charge on any atom is 0.128 e. The smallest absolute Gasteiger partial charge is 0.128 e. The second-order valence-electron chi connectivity index (χ2n) is 8.91. The van der Waals surface area contributed by atoms with Crippen molar-refractivity contribution in [1.29, 1.82) is 0 Å². The third-order valence-electron chi connectivity index (χ3n) is 6.30. The standard InChI is InChI=1S/C13H19N.C12H18N2/c1-11(2)12-8-9-14(10-12)13-6-4-3-5-7-13;1-10(2)11-6-5-9-14(11)12-7-3-4-8-13-12/h3-7,11-12H,8-10H2,1-2H3;3-4,7-8,10-11H,5-6,9H2,1-2H3. The van der Waals surface area contributed by atoms with Gasteiger partial charge < -0.3 is 9.80 Å². The number of rotatable bonds is 4. The lowest BCUT2D eigenvalue weighted by Gasteiger charge is -2.28. The van der Waals surface area contributed by atoms with Crippen LogP contribution in [0.4, 0.5) is 11.5 Å². The van der Waals surface area contributed by atoms with E-state index in [2.05, 4.69) is 84.9 Å². The van der Waals surface area contributed by atoms with E-state index >= 15 is 0 Å². The molecule has 2 atom stereocenters. The lowest BCUT2D eigenvalue weighted by Crippen LogP contribution is -2.33. The van der Waals surface area contributed by atoms with Gasteiger partial charge in [-0.05, 0) is 61.3 Å². The molecule has 2 fully saturated rings. The Hall–Kier alpha value is -2.03. The van der Waals surface area contributed by atoms with E-state index in [9.17, 15) is 0 Å². The number of hydrogen-bond acceptors (Lipinski definition) is 3. The summed E-state index contributed by atoms with van der Waals surface area (Å²) in [4.78, 5) is 9.37. The highest BCUT2D eigenvalue weighted by Gasteiger charge is 2.27. The summed E-state index contributed by atoms with van der Waals surface area (Å²) in [6.07, 6.45) is 5.85. The first kappa shape index (κ1) is 20.7. The van der Waals surface area contributed by atoms with Gasteiger partial charge >= 0.3 is 0 Å². The molecule has 0 N–H and O–H groups in total. The van der Waals surface area contributed by atoms with E-state index < -0.39 is 0 Å². The lowest BCUT2D eigenvalue weighted by atomic mass is 9.95. The first-order valence-corrected chi connectivity index (χ1v) is 11.0. The molecule has 3 heterocycles. The van der Waals surface area contributed by atoms with Gasteiger partial charge in [0, 0.05) is 37.6 Å². The maximum atomic E-state index is 4.42. The van der Waals surface area contributed by atoms with Crippen LogP contribution < -0.4 is 9.80 Å². The Morgan fingerprint density at radius 2 is 1.61 bits per heavy atom. The molecule has 0 bridgehead atoms. The Morgan fingerprint density at radius 1 is 0.857 bits per heavy atom. The molecular formula is C25H37N3. The minimum absolute atomic E-state index is 0.685. The van der Waals surface area contributed by atoms with E-state index in [4.69, 9.17) is 0 Å². The van der Waals surface area contributed by atoms with Crippen LogP contribution in [0.2, 0.25) is 0 Å². The van der Waals surface area contributed by atoms with Gasteiger partial charge in [0.2, 0.25) is 0 Å². The summed E-state index contributed by atoms with van der Waals surface area (Å²) in [5, 5.41) is 0. The average Bonchev–Trinajstić information content (AvgIpc) is 3.40. The van der Waals surface area contributed by atoms with Crippen LogP contribution in [0.25, 0.3) is 0 Å². The number of nitrogens with zero attached hydrogens (tertiary/aromatic N) is 3. The number of anilines is 2. The molecule has 2 aromatic rings. The predicted molar refractivity (Wildman–Crippen MR) is 121 cm³/mol. The zero-order valence-corrected chi connectivity index (χ0v) is 18.1. The van der Waals surface area contributed by atoms with Crippen LogP contribution in [-0.2, 0) is 0 Å². The van der Waals surface area contributed by atoms with E-state index in [-0.39, 0.29) is 0 Å². The number of pyridine rings is 1. The van der Waals surface area contributed by atoms with Crippen molar-refractivity contribution < 1.29 is 0 Å². The number of aromatic nitrogens is 1. The van der Waals surface area contributed by atoms with Gasteiger partial charge in [-0.25, -0.2) is 4.98 Å². The SMILES string of the molecule is CC(C)C1CCCN1c1ccccn1.CC(C)C1CCN(c2ccccc2)C1. The van der Waals surface area contributed by atoms with E-state index in [1.165, 1.54) is 44.6 Å². The fourth-order valence-corrected chi connectivity index (χ4v) is 4.50. The van der Waals surface area contributed by atoms with Gasteiger partial charge in [0.15, 0.2) is 0 Å². The molecule has 1 aromatic heterocycles. The molecule has 152 valence electrons. The fourth-order valence-electron chi connectivity index (χ4n) is 4.50. The van der Waals surface area contributed by atoms with Crippen molar-refractivity contribution in [3.8, 4) is 0 Å². The molecule has 0 saturated carbocycles. The molecule has 28 heavy (non-hydrogen) atoms. The summed E-state index contributed by atoms with van der Waals surface area (Å²) < 4.78 is 0. The molecule has 4 rings (SSSR count). The van der Waals surface area contributed by atoms with Crippen LogP contribution in [0.15, 0.2) is 54.7 Å². The largest absolute Gasteiger partial charge is 0.371 e. The number of para-hydroxylation sites is 1. The van der Waals surface area contributed by atoms with Crippen molar-refractivity contribution in [2.75, 3.05) is 29.4 Å². The summed E-state index contributed by atoms with van der Waals surface area (Å²) in [6.45, 7) is 12.9. The molecule has 2 aliphatic heterocycles. The van der Waals surface area contributed by atoms with E-state index in [1.807, 2.05) is 12.3 Å². The molecular weight excluding hydrogens is 342 g/mol. The zero-order chi connectivity index (χ0) is 19.9. The first-order valence-electron chi connectivity index (χ1n) is 11.0. The van der Waals surface area contributed by atoms with Crippen molar-refractivity contribution in [2.45, 2.75) is 53.0 Å². The van der Waals surface area contributed by atoms with Crippen molar-refractivity contribution in [2.24, 2.45) is 17.8 Å². The average molecular weight is 380 g/mol. The van der Waals surface area contributed by atoms with E-state index in [0.29, 0.717) is 6.04 Å². The van der Waals surface area contributed by atoms with Crippen LogP contribution >= 0.6 is 0 Å². The Bertz CT molecular complexity index is 683. The molecule has 2 aliphatic rings. The van der Waals surface area contributed by atoms with Crippen molar-refractivity contribution in [3.05, 3.63) is 54.7 Å². The maximum absolute atomic E-state index is 4.42. The summed E-state index contributed by atoms with van der Waals surface area (Å²) in [5.74, 6) is 3.57. The van der Waals surface area contributed by atoms with Gasteiger partial charge in [-0.15, -0.1) is 0 Å². The highest BCUT2D eigenvalue weighted by Crippen LogP contribution is 2.28. The van der Waals surface area contributed by atoms with Crippen molar-refractivity contribution >= 4 is 11.5 Å². The summed E-state index contributed by atoms with van der Waals surface area (Å²) in [5.41, 5.74) is 1.38. The second kappa shape index (κ2) is 9.95. The lowest BCUT2D eigenvalue weighted by molar-refractivity contribution is 0.423. The van der Waals surface area contributed by atoms with Gasteiger partial charge in [0.1, 0.15) is 5.82 Å². The van der Waals surface area contributed by atoms with Crippen LogP contribution in [0, 0.1) is 17.8 Å². The van der Waals surface area contributed by atoms with Gasteiger partial charge in [-0.2, -0.15) is 0 Å². The molecule has 3 heteroatoms. The Kier molecular flexibility index (Phi) is 7.36. The van der Waals surface area contributed by atoms with Gasteiger partial charge in [0.05, 0.1) is 0 Å². The summed E-state index contributed by atoms with van der Waals surface area (Å²) in [6, 6.07) is 17.6. The highest BCUT2D eigenvalue weighted by molar-refractivity contribution is 5.46. The van der Waals surface area contributed by atoms with E-state index in [0.717, 1.165) is 23.6 Å². The summed E-state index contributed by atoms with van der Waals surface area (Å²) in [7, 11) is 0. The molecule has 2 unspecified atom stereocenters. The van der Waals surface area contributed by atoms with Gasteiger partial charge in [-0.1, -0.05) is 52.0 Å². The minimum atomic E-state index is 0.685. The van der Waals surface area contributed by atoms with Crippen LogP contribution in [0.1, 0.15) is 47.0 Å². The molecule has 0 radical (unpaired) electrons. The van der Waals surface area contributed by atoms with Gasteiger partial charge in [0.25, 0.3) is 0 Å². The fraction of sp³-hybridized carbons (Fsp3) is 0.560. The van der Waals surface area contributed by atoms with E-state index in [1.54, 1.807) is 0 Å². The Balaban J connectivity index is 0.000000161. The normalized spacial score (nSPS) is 21.9. The topological polar surface area (TPSA) is 19.4 Å². The quantitative estimate of drug-likeness (QED) is 0.662. The number of hydrogen-bond donors (Lipinski definition) is 0. The Labute approximate surface area is 171 Å². The Morgan fingerprint density at radius 3 is 2.21 bits per heavy atom. The van der Waals surface area contributed by atoms with Gasteiger partial charge in [-0.3, -0.25) is 0 Å². The summed E-state index contributed by atoms with van der Waals surface area (Å²) >= 11 is 0. The van der Waals surface area contributed by atoms with Crippen molar-refractivity contribution in [1.82, 2.24) is 4.98 Å².